The van der Waals surface area contributed by atoms with Gasteiger partial charge in [-0.05, 0) is 111 Å². The van der Waals surface area contributed by atoms with Crippen molar-refractivity contribution in [1.82, 2.24) is 0 Å². The van der Waals surface area contributed by atoms with Gasteiger partial charge in [0.15, 0.2) is 11.6 Å². The van der Waals surface area contributed by atoms with E-state index >= 15 is 0 Å². The lowest BCUT2D eigenvalue weighted by molar-refractivity contribution is 0.0727. The van der Waals surface area contributed by atoms with E-state index in [4.69, 9.17) is 4.74 Å². The minimum absolute atomic E-state index is 0.0264. The van der Waals surface area contributed by atoms with Crippen LogP contribution in [0.5, 0.6) is 5.75 Å². The van der Waals surface area contributed by atoms with Crippen LogP contribution in [-0.2, 0) is 0 Å². The van der Waals surface area contributed by atoms with Crippen LogP contribution >= 0.6 is 0 Å². The Morgan fingerprint density at radius 1 is 1.00 bits per heavy atom. The molecule has 2 aliphatic rings. The summed E-state index contributed by atoms with van der Waals surface area (Å²) >= 11 is 0. The molecule has 4 rings (SSSR count). The molecule has 0 saturated heterocycles. The van der Waals surface area contributed by atoms with Gasteiger partial charge in [0.05, 0.1) is 5.56 Å². The highest BCUT2D eigenvalue weighted by atomic mass is 19.1. The second kappa shape index (κ2) is 9.16. The summed E-state index contributed by atoms with van der Waals surface area (Å²) in [6, 6.07) is 12.3. The third kappa shape index (κ3) is 4.66. The quantitative estimate of drug-likeness (QED) is 0.304. The van der Waals surface area contributed by atoms with Gasteiger partial charge >= 0.3 is 5.97 Å². The molecule has 0 radical (unpaired) electrons. The molecule has 4 atom stereocenters. The highest BCUT2D eigenvalue weighted by Crippen LogP contribution is 2.47. The maximum Gasteiger partial charge on any atom is 0.343 e. The first-order chi connectivity index (χ1) is 14.5. The molecular weight excluding hydrogens is 375 g/mol. The molecule has 158 valence electrons. The molecule has 4 unspecified atom stereocenters. The molecule has 30 heavy (non-hydrogen) atoms. The van der Waals surface area contributed by atoms with Crippen LogP contribution in [-0.4, -0.2) is 5.97 Å². The smallest absolute Gasteiger partial charge is 0.343 e. The van der Waals surface area contributed by atoms with Crippen molar-refractivity contribution < 1.29 is 13.9 Å². The number of carbonyl (C=O) groups is 1. The molecule has 2 aromatic carbocycles. The summed E-state index contributed by atoms with van der Waals surface area (Å²) in [5.41, 5.74) is 2.56. The number of esters is 1. The number of halogens is 1. The molecule has 0 bridgehead atoms. The molecule has 0 N–H and O–H groups in total. The van der Waals surface area contributed by atoms with Crippen molar-refractivity contribution in [3.8, 4) is 5.75 Å². The fourth-order valence-corrected chi connectivity index (χ4v) is 5.41. The average molecular weight is 407 g/mol. The summed E-state index contributed by atoms with van der Waals surface area (Å²) in [5.74, 6) is 1.99. The molecule has 2 aromatic rings. The number of ether oxygens (including phenoxy) is 1. The Kier molecular flexibility index (Phi) is 6.36. The Morgan fingerprint density at radius 3 is 2.47 bits per heavy atom. The molecule has 0 heterocycles. The fraction of sp³-hybridized carbons (Fsp3) is 0.444. The van der Waals surface area contributed by atoms with Crippen LogP contribution in [0.15, 0.2) is 54.6 Å². The molecule has 2 saturated carbocycles. The van der Waals surface area contributed by atoms with E-state index in [1.165, 1.54) is 56.2 Å². The van der Waals surface area contributed by atoms with E-state index in [0.717, 1.165) is 23.3 Å². The van der Waals surface area contributed by atoms with Gasteiger partial charge in [-0.1, -0.05) is 30.4 Å². The Labute approximate surface area is 179 Å². The van der Waals surface area contributed by atoms with Gasteiger partial charge in [-0.15, -0.1) is 0 Å². The first kappa shape index (κ1) is 20.8. The van der Waals surface area contributed by atoms with Crippen molar-refractivity contribution in [1.29, 1.82) is 0 Å². The van der Waals surface area contributed by atoms with E-state index < -0.39 is 11.8 Å². The molecular formula is C27H31FO2. The van der Waals surface area contributed by atoms with Gasteiger partial charge < -0.3 is 4.74 Å². The molecule has 0 spiro atoms. The van der Waals surface area contributed by atoms with Crippen molar-refractivity contribution in [2.45, 2.75) is 58.3 Å². The topological polar surface area (TPSA) is 26.3 Å². The van der Waals surface area contributed by atoms with Crippen LogP contribution in [0.4, 0.5) is 4.39 Å². The average Bonchev–Trinajstić information content (AvgIpc) is 2.75. The van der Waals surface area contributed by atoms with Crippen LogP contribution in [0.3, 0.4) is 0 Å². The molecule has 0 amide bonds. The van der Waals surface area contributed by atoms with E-state index in [0.29, 0.717) is 11.5 Å². The third-order valence-electron chi connectivity index (χ3n) is 7.03. The predicted molar refractivity (Wildman–Crippen MR) is 118 cm³/mol. The van der Waals surface area contributed by atoms with Gasteiger partial charge in [-0.25, -0.2) is 9.18 Å². The largest absolute Gasteiger partial charge is 0.420 e. The molecule has 2 fully saturated rings. The van der Waals surface area contributed by atoms with E-state index in [2.05, 4.69) is 31.2 Å². The minimum Gasteiger partial charge on any atom is -0.420 e. The summed E-state index contributed by atoms with van der Waals surface area (Å²) in [5, 5.41) is 0. The SMILES string of the molecule is C/C=C/C1CCC2CC(c3ccc(C(=O)Oc4ccc(C)cc4F)cc3)CCC2C1. The van der Waals surface area contributed by atoms with Gasteiger partial charge in [-0.3, -0.25) is 0 Å². The van der Waals surface area contributed by atoms with E-state index in [1.807, 2.05) is 12.1 Å². The maximum atomic E-state index is 14.0. The molecule has 0 aliphatic heterocycles. The van der Waals surface area contributed by atoms with Gasteiger partial charge in [0.1, 0.15) is 0 Å². The number of benzene rings is 2. The monoisotopic (exact) mass is 406 g/mol. The molecule has 0 aromatic heterocycles. The minimum atomic E-state index is -0.518. The number of hydrogen-bond donors (Lipinski definition) is 0. The van der Waals surface area contributed by atoms with Crippen molar-refractivity contribution in [3.05, 3.63) is 77.1 Å². The van der Waals surface area contributed by atoms with Crippen LogP contribution in [0.2, 0.25) is 0 Å². The summed E-state index contributed by atoms with van der Waals surface area (Å²) in [7, 11) is 0. The Hall–Kier alpha value is -2.42. The molecule has 3 heteroatoms. The Balaban J connectivity index is 1.37. The first-order valence-electron chi connectivity index (χ1n) is 11.2. The standard InChI is InChI=1S/C27H31FO2/c1-3-4-19-6-7-24-17-23(13-12-22(24)16-19)20-8-10-21(11-9-20)27(29)30-26-14-5-18(2)15-25(26)28/h3-5,8-11,14-15,19,22-24H,6-7,12-13,16-17H2,1-2H3/b4-3+. The number of hydrogen-bond acceptors (Lipinski definition) is 2. The number of carbonyl (C=O) groups excluding carboxylic acids is 1. The van der Waals surface area contributed by atoms with E-state index in [1.54, 1.807) is 13.0 Å². The van der Waals surface area contributed by atoms with Crippen molar-refractivity contribution in [2.24, 2.45) is 17.8 Å². The number of allylic oxidation sites excluding steroid dienone is 2. The van der Waals surface area contributed by atoms with Crippen molar-refractivity contribution in [3.63, 3.8) is 0 Å². The van der Waals surface area contributed by atoms with Gasteiger partial charge in [0.2, 0.25) is 0 Å². The Bertz CT molecular complexity index is 915. The fourth-order valence-electron chi connectivity index (χ4n) is 5.41. The summed E-state index contributed by atoms with van der Waals surface area (Å²) in [6.07, 6.45) is 12.4. The highest BCUT2D eigenvalue weighted by molar-refractivity contribution is 5.91. The van der Waals surface area contributed by atoms with Gasteiger partial charge in [-0.2, -0.15) is 0 Å². The Morgan fingerprint density at radius 2 is 1.73 bits per heavy atom. The van der Waals surface area contributed by atoms with Crippen LogP contribution in [0.25, 0.3) is 0 Å². The van der Waals surface area contributed by atoms with Crippen LogP contribution in [0, 0.1) is 30.5 Å². The third-order valence-corrected chi connectivity index (χ3v) is 7.03. The number of rotatable bonds is 4. The molecule has 2 aliphatic carbocycles. The zero-order valence-electron chi connectivity index (χ0n) is 17.9. The number of aryl methyl sites for hydroxylation is 1. The maximum absolute atomic E-state index is 14.0. The lowest BCUT2D eigenvalue weighted by Gasteiger charge is -2.41. The zero-order chi connectivity index (χ0) is 21.1. The summed E-state index contributed by atoms with van der Waals surface area (Å²) in [4.78, 5) is 12.4. The highest BCUT2D eigenvalue weighted by Gasteiger charge is 2.35. The van der Waals surface area contributed by atoms with Crippen molar-refractivity contribution in [2.75, 3.05) is 0 Å². The number of fused-ring (bicyclic) bond motifs is 1. The van der Waals surface area contributed by atoms with E-state index in [9.17, 15) is 9.18 Å². The van der Waals surface area contributed by atoms with Crippen LogP contribution < -0.4 is 4.74 Å². The lowest BCUT2D eigenvalue weighted by Crippen LogP contribution is -2.30. The predicted octanol–water partition coefficient (Wildman–Crippen LogP) is 7.23. The second-order valence-electron chi connectivity index (χ2n) is 9.07. The first-order valence-corrected chi connectivity index (χ1v) is 11.2. The zero-order valence-corrected chi connectivity index (χ0v) is 17.9. The molecule has 2 nitrogen and oxygen atoms in total. The van der Waals surface area contributed by atoms with Crippen molar-refractivity contribution >= 4 is 5.97 Å². The van der Waals surface area contributed by atoms with Crippen LogP contribution in [0.1, 0.15) is 72.9 Å². The van der Waals surface area contributed by atoms with E-state index in [-0.39, 0.29) is 5.75 Å². The lowest BCUT2D eigenvalue weighted by atomic mass is 9.64. The second-order valence-corrected chi connectivity index (χ2v) is 9.07. The van der Waals surface area contributed by atoms with Gasteiger partial charge in [0.25, 0.3) is 0 Å². The summed E-state index contributed by atoms with van der Waals surface area (Å²) < 4.78 is 19.2. The van der Waals surface area contributed by atoms with Gasteiger partial charge in [0, 0.05) is 0 Å². The summed E-state index contributed by atoms with van der Waals surface area (Å²) in [6.45, 7) is 3.93. The normalized spacial score (nSPS) is 26.4.